The molecule has 0 aromatic heterocycles. The fraction of sp³-hybridized carbons (Fsp3) is 0.250. The van der Waals surface area contributed by atoms with Gasteiger partial charge in [-0.3, -0.25) is 9.69 Å². The van der Waals surface area contributed by atoms with E-state index in [9.17, 15) is 9.59 Å². The van der Waals surface area contributed by atoms with Crippen molar-refractivity contribution in [2.45, 2.75) is 6.92 Å². The number of carbonyl (C=O) groups excluding carboxylic acids is 2. The maximum atomic E-state index is 13.5. The second kappa shape index (κ2) is 9.87. The van der Waals surface area contributed by atoms with Crippen LogP contribution in [0, 0.1) is 0 Å². The van der Waals surface area contributed by atoms with Gasteiger partial charge in [-0.15, -0.1) is 0 Å². The predicted octanol–water partition coefficient (Wildman–Crippen LogP) is 4.25. The zero-order valence-corrected chi connectivity index (χ0v) is 19.9. The standard InChI is InChI=1S/C24H24ClNO7/c1-13-20(24(28)33-6)16(11-14-7-9-19(30-3)22(32-5)21(14)31-4)23(27)26(13)15-8-10-18(29-2)17(25)12-15/h7-12H,1-6H3/b16-11-. The quantitative estimate of drug-likeness (QED) is 0.439. The number of carbonyl (C=O) groups is 2. The van der Waals surface area contributed by atoms with Gasteiger partial charge in [0, 0.05) is 11.3 Å². The molecule has 2 aromatic carbocycles. The van der Waals surface area contributed by atoms with E-state index in [1.165, 1.54) is 40.4 Å². The first-order chi connectivity index (χ1) is 15.8. The maximum absolute atomic E-state index is 13.5. The smallest absolute Gasteiger partial charge is 0.340 e. The number of anilines is 1. The summed E-state index contributed by atoms with van der Waals surface area (Å²) in [7, 11) is 7.23. The number of amides is 1. The minimum atomic E-state index is -0.645. The largest absolute Gasteiger partial charge is 0.495 e. The van der Waals surface area contributed by atoms with E-state index in [4.69, 9.17) is 35.3 Å². The summed E-state index contributed by atoms with van der Waals surface area (Å²) in [6.45, 7) is 1.66. The van der Waals surface area contributed by atoms with Crippen molar-refractivity contribution in [3.63, 3.8) is 0 Å². The average Bonchev–Trinajstić information content (AvgIpc) is 3.06. The molecule has 2 aromatic rings. The summed E-state index contributed by atoms with van der Waals surface area (Å²) >= 11 is 6.27. The third-order valence-corrected chi connectivity index (χ3v) is 5.51. The Morgan fingerprint density at radius 2 is 1.55 bits per heavy atom. The Kier molecular flexibility index (Phi) is 7.18. The zero-order chi connectivity index (χ0) is 24.3. The number of esters is 1. The molecule has 1 heterocycles. The molecule has 9 heteroatoms. The number of rotatable bonds is 7. The molecule has 0 atom stereocenters. The molecule has 0 fully saturated rings. The predicted molar refractivity (Wildman–Crippen MR) is 124 cm³/mol. The Morgan fingerprint density at radius 1 is 0.909 bits per heavy atom. The molecular formula is C24H24ClNO7. The van der Waals surface area contributed by atoms with Gasteiger partial charge in [-0.05, 0) is 43.3 Å². The molecule has 1 aliphatic rings. The van der Waals surface area contributed by atoms with E-state index >= 15 is 0 Å². The van der Waals surface area contributed by atoms with Gasteiger partial charge in [0.05, 0.1) is 57.4 Å². The Morgan fingerprint density at radius 3 is 2.09 bits per heavy atom. The molecule has 3 rings (SSSR count). The molecule has 1 aliphatic heterocycles. The normalized spacial score (nSPS) is 14.6. The van der Waals surface area contributed by atoms with Crippen molar-refractivity contribution >= 4 is 35.2 Å². The van der Waals surface area contributed by atoms with Crippen LogP contribution >= 0.6 is 11.6 Å². The van der Waals surface area contributed by atoms with Crippen molar-refractivity contribution in [3.05, 3.63) is 57.8 Å². The van der Waals surface area contributed by atoms with E-state index in [-0.39, 0.29) is 11.1 Å². The van der Waals surface area contributed by atoms with E-state index in [2.05, 4.69) is 0 Å². The highest BCUT2D eigenvalue weighted by atomic mass is 35.5. The number of halogens is 1. The second-order valence-corrected chi connectivity index (χ2v) is 7.30. The van der Waals surface area contributed by atoms with Crippen LogP contribution in [0.5, 0.6) is 23.0 Å². The van der Waals surface area contributed by atoms with E-state index in [1.807, 2.05) is 0 Å². The van der Waals surface area contributed by atoms with Crippen molar-refractivity contribution < 1.29 is 33.3 Å². The first kappa shape index (κ1) is 24.0. The van der Waals surface area contributed by atoms with Crippen molar-refractivity contribution in [3.8, 4) is 23.0 Å². The number of hydrogen-bond acceptors (Lipinski definition) is 7. The van der Waals surface area contributed by atoms with Gasteiger partial charge in [-0.25, -0.2) is 4.79 Å². The lowest BCUT2D eigenvalue weighted by Crippen LogP contribution is -2.24. The highest BCUT2D eigenvalue weighted by Gasteiger charge is 2.38. The third kappa shape index (κ3) is 4.21. The van der Waals surface area contributed by atoms with Crippen LogP contribution in [0.3, 0.4) is 0 Å². The maximum Gasteiger partial charge on any atom is 0.340 e. The average molecular weight is 474 g/mol. The van der Waals surface area contributed by atoms with Gasteiger partial charge < -0.3 is 23.7 Å². The number of allylic oxidation sites excluding steroid dienone is 1. The van der Waals surface area contributed by atoms with Crippen LogP contribution in [0.15, 0.2) is 47.2 Å². The number of hydrogen-bond donors (Lipinski definition) is 0. The van der Waals surface area contributed by atoms with Crippen LogP contribution in [0.25, 0.3) is 6.08 Å². The van der Waals surface area contributed by atoms with Gasteiger partial charge in [-0.2, -0.15) is 0 Å². The summed E-state index contributed by atoms with van der Waals surface area (Å²) in [4.78, 5) is 27.6. The van der Waals surface area contributed by atoms with Crippen LogP contribution in [0.2, 0.25) is 5.02 Å². The van der Waals surface area contributed by atoms with Gasteiger partial charge in [0.15, 0.2) is 11.5 Å². The molecule has 0 radical (unpaired) electrons. The van der Waals surface area contributed by atoms with Gasteiger partial charge in [0.25, 0.3) is 5.91 Å². The van der Waals surface area contributed by atoms with Gasteiger partial charge in [0.2, 0.25) is 5.75 Å². The van der Waals surface area contributed by atoms with Crippen LogP contribution in [-0.4, -0.2) is 47.4 Å². The number of benzene rings is 2. The summed E-state index contributed by atoms with van der Waals surface area (Å²) in [5.74, 6) is 0.569. The van der Waals surface area contributed by atoms with Gasteiger partial charge >= 0.3 is 5.97 Å². The zero-order valence-electron chi connectivity index (χ0n) is 19.1. The van der Waals surface area contributed by atoms with Crippen LogP contribution in [0.1, 0.15) is 12.5 Å². The number of methoxy groups -OCH3 is 5. The number of nitrogens with zero attached hydrogens (tertiary/aromatic N) is 1. The minimum Gasteiger partial charge on any atom is -0.495 e. The summed E-state index contributed by atoms with van der Waals surface area (Å²) in [5.41, 5.74) is 1.66. The molecule has 0 unspecified atom stereocenters. The van der Waals surface area contributed by atoms with Crippen LogP contribution < -0.4 is 23.8 Å². The Labute approximate surface area is 196 Å². The minimum absolute atomic E-state index is 0.131. The molecule has 1 amide bonds. The SMILES string of the molecule is COC(=O)C1=C(C)N(c2ccc(OC)c(Cl)c2)C(=O)/C1=C\c1ccc(OC)c(OC)c1OC. The van der Waals surface area contributed by atoms with Crippen LogP contribution in [0.4, 0.5) is 5.69 Å². The molecule has 0 saturated heterocycles. The molecule has 8 nitrogen and oxygen atoms in total. The van der Waals surface area contributed by atoms with E-state index in [0.29, 0.717) is 45.0 Å². The first-order valence-electron chi connectivity index (χ1n) is 9.81. The monoisotopic (exact) mass is 473 g/mol. The molecule has 0 spiro atoms. The summed E-state index contributed by atoms with van der Waals surface area (Å²) in [6.07, 6.45) is 1.56. The van der Waals surface area contributed by atoms with E-state index in [1.54, 1.807) is 43.3 Å². The van der Waals surface area contributed by atoms with Crippen molar-refractivity contribution in [2.75, 3.05) is 40.4 Å². The van der Waals surface area contributed by atoms with E-state index in [0.717, 1.165) is 0 Å². The lowest BCUT2D eigenvalue weighted by molar-refractivity contribution is -0.136. The molecule has 0 bridgehead atoms. The first-order valence-corrected chi connectivity index (χ1v) is 10.2. The van der Waals surface area contributed by atoms with Gasteiger partial charge in [0.1, 0.15) is 5.75 Å². The summed E-state index contributed by atoms with van der Waals surface area (Å²) < 4.78 is 26.4. The fourth-order valence-electron chi connectivity index (χ4n) is 3.68. The van der Waals surface area contributed by atoms with Crippen molar-refractivity contribution in [1.82, 2.24) is 0 Å². The Hall–Kier alpha value is -3.65. The highest BCUT2D eigenvalue weighted by Crippen LogP contribution is 2.43. The molecular weight excluding hydrogens is 450 g/mol. The van der Waals surface area contributed by atoms with Gasteiger partial charge in [-0.1, -0.05) is 11.6 Å². The number of ether oxygens (including phenoxy) is 5. The fourth-order valence-corrected chi connectivity index (χ4v) is 3.93. The molecule has 0 aliphatic carbocycles. The summed E-state index contributed by atoms with van der Waals surface area (Å²) in [5, 5.41) is 0.328. The topological polar surface area (TPSA) is 83.5 Å². The summed E-state index contributed by atoms with van der Waals surface area (Å²) in [6, 6.07) is 8.31. The highest BCUT2D eigenvalue weighted by molar-refractivity contribution is 6.32. The van der Waals surface area contributed by atoms with Crippen LogP contribution in [-0.2, 0) is 14.3 Å². The second-order valence-electron chi connectivity index (χ2n) is 6.89. The molecule has 33 heavy (non-hydrogen) atoms. The molecule has 0 N–H and O–H groups in total. The Balaban J connectivity index is 2.20. The van der Waals surface area contributed by atoms with Crippen molar-refractivity contribution in [2.24, 2.45) is 0 Å². The molecule has 174 valence electrons. The third-order valence-electron chi connectivity index (χ3n) is 5.22. The Bertz CT molecular complexity index is 1170. The van der Waals surface area contributed by atoms with E-state index < -0.39 is 11.9 Å². The molecule has 0 saturated carbocycles. The van der Waals surface area contributed by atoms with Crippen molar-refractivity contribution in [1.29, 1.82) is 0 Å². The lowest BCUT2D eigenvalue weighted by Gasteiger charge is -2.19. The lowest BCUT2D eigenvalue weighted by atomic mass is 10.0.